The molecule has 0 saturated carbocycles. The number of fused-ring (bicyclic) bond motifs is 1. The molecule has 0 bridgehead atoms. The second kappa shape index (κ2) is 11.1. The van der Waals surface area contributed by atoms with Crippen molar-refractivity contribution in [2.75, 3.05) is 13.7 Å². The minimum Gasteiger partial charge on any atom is -0.493 e. The Hall–Kier alpha value is -2.44. The third kappa shape index (κ3) is 6.12. The lowest BCUT2D eigenvalue weighted by Gasteiger charge is -2.15. The molecular formula is C25H24Cl3N3O2. The number of H-pyrrole nitrogens is 1. The van der Waals surface area contributed by atoms with Crippen molar-refractivity contribution in [3.8, 4) is 11.5 Å². The van der Waals surface area contributed by atoms with Gasteiger partial charge in [-0.3, -0.25) is 0 Å². The Balaban J connectivity index is 1.30. The van der Waals surface area contributed by atoms with Crippen molar-refractivity contribution in [3.63, 3.8) is 0 Å². The van der Waals surface area contributed by atoms with E-state index in [4.69, 9.17) is 44.3 Å². The molecule has 0 saturated heterocycles. The largest absolute Gasteiger partial charge is 0.493 e. The number of benzene rings is 3. The van der Waals surface area contributed by atoms with E-state index in [1.807, 2.05) is 42.5 Å². The van der Waals surface area contributed by atoms with Crippen LogP contribution in [0, 0.1) is 0 Å². The van der Waals surface area contributed by atoms with Gasteiger partial charge >= 0.3 is 0 Å². The molecule has 1 aromatic heterocycles. The molecule has 4 aromatic rings. The maximum Gasteiger partial charge on any atom is 0.180 e. The second-order valence-electron chi connectivity index (χ2n) is 7.61. The van der Waals surface area contributed by atoms with Crippen molar-refractivity contribution in [2.45, 2.75) is 26.0 Å². The number of hydrogen-bond acceptors (Lipinski definition) is 4. The quantitative estimate of drug-likeness (QED) is 0.232. The molecule has 0 amide bonds. The molecule has 0 aliphatic rings. The highest BCUT2D eigenvalue weighted by atomic mass is 35.5. The predicted octanol–water partition coefficient (Wildman–Crippen LogP) is 6.83. The molecule has 5 nitrogen and oxygen atoms in total. The van der Waals surface area contributed by atoms with Crippen LogP contribution in [0.5, 0.6) is 11.5 Å². The first-order valence-corrected chi connectivity index (χ1v) is 11.7. The fourth-order valence-corrected chi connectivity index (χ4v) is 4.29. The first-order valence-electron chi connectivity index (χ1n) is 10.6. The van der Waals surface area contributed by atoms with Crippen LogP contribution < -0.4 is 14.8 Å². The lowest BCUT2D eigenvalue weighted by atomic mass is 10.2. The van der Waals surface area contributed by atoms with Crippen LogP contribution in [0.3, 0.4) is 0 Å². The molecule has 2 N–H and O–H groups in total. The van der Waals surface area contributed by atoms with Gasteiger partial charge in [-0.25, -0.2) is 4.98 Å². The van der Waals surface area contributed by atoms with E-state index in [0.717, 1.165) is 47.4 Å². The smallest absolute Gasteiger partial charge is 0.180 e. The number of aromatic amines is 1. The molecule has 33 heavy (non-hydrogen) atoms. The Bertz CT molecular complexity index is 1210. The van der Waals surface area contributed by atoms with Crippen molar-refractivity contribution in [2.24, 2.45) is 0 Å². The summed E-state index contributed by atoms with van der Waals surface area (Å²) >= 11 is 18.7. The van der Waals surface area contributed by atoms with Crippen LogP contribution in [0.1, 0.15) is 23.4 Å². The molecule has 0 aliphatic heterocycles. The number of ether oxygens (including phenoxy) is 2. The highest BCUT2D eigenvalue weighted by molar-refractivity contribution is 6.35. The highest BCUT2D eigenvalue weighted by Gasteiger charge is 2.13. The van der Waals surface area contributed by atoms with Crippen LogP contribution in [0.25, 0.3) is 11.0 Å². The van der Waals surface area contributed by atoms with Crippen LogP contribution in [0.2, 0.25) is 15.1 Å². The summed E-state index contributed by atoms with van der Waals surface area (Å²) in [6, 6.07) is 17.2. The van der Waals surface area contributed by atoms with Crippen molar-refractivity contribution < 1.29 is 9.47 Å². The monoisotopic (exact) mass is 503 g/mol. The summed E-state index contributed by atoms with van der Waals surface area (Å²) in [6.45, 7) is 1.77. The first-order chi connectivity index (χ1) is 16.0. The second-order valence-corrected chi connectivity index (χ2v) is 8.87. The van der Waals surface area contributed by atoms with Gasteiger partial charge in [0.25, 0.3) is 0 Å². The van der Waals surface area contributed by atoms with Gasteiger partial charge in [0.15, 0.2) is 11.5 Å². The first kappa shape index (κ1) is 23.7. The molecule has 0 unspecified atom stereocenters. The summed E-state index contributed by atoms with van der Waals surface area (Å²) in [4.78, 5) is 7.98. The van der Waals surface area contributed by atoms with Gasteiger partial charge in [-0.1, -0.05) is 53.0 Å². The number of methoxy groups -OCH3 is 1. The van der Waals surface area contributed by atoms with Crippen molar-refractivity contribution in [1.29, 1.82) is 0 Å². The van der Waals surface area contributed by atoms with Gasteiger partial charge in [0.05, 0.1) is 23.2 Å². The van der Waals surface area contributed by atoms with E-state index >= 15 is 0 Å². The summed E-state index contributed by atoms with van der Waals surface area (Å²) in [6.07, 6.45) is 1.85. The zero-order valence-electron chi connectivity index (χ0n) is 18.1. The van der Waals surface area contributed by atoms with E-state index in [-0.39, 0.29) is 6.61 Å². The van der Waals surface area contributed by atoms with Crippen molar-refractivity contribution in [1.82, 2.24) is 15.3 Å². The number of rotatable bonds is 10. The number of aromatic nitrogens is 2. The van der Waals surface area contributed by atoms with Crippen LogP contribution in [0.4, 0.5) is 0 Å². The van der Waals surface area contributed by atoms with E-state index in [2.05, 4.69) is 15.3 Å². The minimum absolute atomic E-state index is 0.255. The normalized spacial score (nSPS) is 11.2. The molecule has 3 aromatic carbocycles. The fraction of sp³-hybridized carbons (Fsp3) is 0.240. The zero-order chi connectivity index (χ0) is 23.2. The molecule has 0 atom stereocenters. The van der Waals surface area contributed by atoms with Crippen LogP contribution in [-0.2, 0) is 19.6 Å². The Morgan fingerprint density at radius 3 is 2.64 bits per heavy atom. The number of hydrogen-bond donors (Lipinski definition) is 2. The molecule has 1 heterocycles. The molecule has 4 rings (SSSR count). The maximum atomic E-state index is 6.50. The topological polar surface area (TPSA) is 59.2 Å². The van der Waals surface area contributed by atoms with Gasteiger partial charge in [0.1, 0.15) is 12.4 Å². The lowest BCUT2D eigenvalue weighted by Crippen LogP contribution is -2.15. The Morgan fingerprint density at radius 2 is 1.85 bits per heavy atom. The van der Waals surface area contributed by atoms with Crippen LogP contribution in [0.15, 0.2) is 54.6 Å². The molecule has 0 radical (unpaired) electrons. The third-order valence-electron chi connectivity index (χ3n) is 5.21. The number of nitrogens with one attached hydrogen (secondary N) is 2. The van der Waals surface area contributed by atoms with E-state index in [9.17, 15) is 0 Å². The van der Waals surface area contributed by atoms with Gasteiger partial charge in [-0.15, -0.1) is 0 Å². The van der Waals surface area contributed by atoms with Crippen LogP contribution >= 0.6 is 34.8 Å². The average Bonchev–Trinajstić information content (AvgIpc) is 3.21. The predicted molar refractivity (Wildman–Crippen MR) is 135 cm³/mol. The molecule has 0 aliphatic carbocycles. The highest BCUT2D eigenvalue weighted by Crippen LogP contribution is 2.37. The van der Waals surface area contributed by atoms with E-state index < -0.39 is 0 Å². The average molecular weight is 505 g/mol. The summed E-state index contributed by atoms with van der Waals surface area (Å²) in [7, 11) is 1.60. The zero-order valence-corrected chi connectivity index (χ0v) is 20.4. The Kier molecular flexibility index (Phi) is 7.99. The van der Waals surface area contributed by atoms with E-state index in [1.54, 1.807) is 19.2 Å². The fourth-order valence-electron chi connectivity index (χ4n) is 3.54. The van der Waals surface area contributed by atoms with Gasteiger partial charge in [0, 0.05) is 28.6 Å². The maximum absolute atomic E-state index is 6.50. The summed E-state index contributed by atoms with van der Waals surface area (Å²) in [5.74, 6) is 2.07. The molecule has 172 valence electrons. The van der Waals surface area contributed by atoms with Gasteiger partial charge in [-0.05, 0) is 54.9 Å². The van der Waals surface area contributed by atoms with Gasteiger partial charge in [0.2, 0.25) is 0 Å². The minimum atomic E-state index is 0.255. The molecule has 0 spiro atoms. The number of para-hydroxylation sites is 2. The van der Waals surface area contributed by atoms with Crippen molar-refractivity contribution >= 4 is 45.8 Å². The van der Waals surface area contributed by atoms with E-state index in [1.165, 1.54) is 0 Å². The van der Waals surface area contributed by atoms with E-state index in [0.29, 0.717) is 33.1 Å². The van der Waals surface area contributed by atoms with Crippen LogP contribution in [-0.4, -0.2) is 23.6 Å². The standard InChI is InChI=1S/C25H24Cl3N3O2/c1-32-23-12-16(11-20(28)25(23)33-15-17-8-9-18(26)13-19(17)27)14-29-10-4-7-24-30-21-5-2-3-6-22(21)31-24/h2-3,5-6,8-9,11-13,29H,4,7,10,14-15H2,1H3,(H,30,31). The Morgan fingerprint density at radius 1 is 1.00 bits per heavy atom. The number of imidazole rings is 1. The summed E-state index contributed by atoms with van der Waals surface area (Å²) < 4.78 is 11.4. The number of nitrogens with zero attached hydrogens (tertiary/aromatic N) is 1. The molecular weight excluding hydrogens is 481 g/mol. The lowest BCUT2D eigenvalue weighted by molar-refractivity contribution is 0.284. The van der Waals surface area contributed by atoms with Gasteiger partial charge in [-0.2, -0.15) is 0 Å². The van der Waals surface area contributed by atoms with Gasteiger partial charge < -0.3 is 19.8 Å². The molecule has 8 heteroatoms. The number of aryl methyl sites for hydroxylation is 1. The number of halogens is 3. The third-order valence-corrected chi connectivity index (χ3v) is 6.08. The summed E-state index contributed by atoms with van der Waals surface area (Å²) in [5.41, 5.74) is 3.90. The summed E-state index contributed by atoms with van der Waals surface area (Å²) in [5, 5.41) is 5.05. The Labute approximate surface area is 208 Å². The SMILES string of the molecule is COc1cc(CNCCCc2nc3ccccc3[nH]2)cc(Cl)c1OCc1ccc(Cl)cc1Cl. The van der Waals surface area contributed by atoms with Crippen molar-refractivity contribution in [3.05, 3.63) is 86.6 Å². The molecule has 0 fully saturated rings.